The van der Waals surface area contributed by atoms with Gasteiger partial charge < -0.3 is 15.0 Å². The molecule has 0 radical (unpaired) electrons. The van der Waals surface area contributed by atoms with Crippen LogP contribution in [0.25, 0.3) is 11.1 Å². The highest BCUT2D eigenvalue weighted by Gasteiger charge is 2.23. The number of rotatable bonds is 10. The van der Waals surface area contributed by atoms with Crippen molar-refractivity contribution < 1.29 is 4.74 Å². The molecule has 0 unspecified atom stereocenters. The van der Waals surface area contributed by atoms with Gasteiger partial charge in [-0.1, -0.05) is 75.3 Å². The fourth-order valence-electron chi connectivity index (χ4n) is 3.73. The highest BCUT2D eigenvalue weighted by atomic mass is 16.5. The molecule has 168 valence electrons. The Bertz CT molecular complexity index is 1060. The van der Waals surface area contributed by atoms with E-state index in [4.69, 9.17) is 10.5 Å². The molecule has 0 amide bonds. The average molecular weight is 430 g/mol. The zero-order valence-electron chi connectivity index (χ0n) is 19.9. The number of aromatic nitrogens is 1. The second-order valence-electron chi connectivity index (χ2n) is 7.70. The quantitative estimate of drug-likeness (QED) is 0.162. The SMILES string of the molecule is C=C/C=C(\C)C#Cc1c(-c2ccc(COC)cc2)c(C(N)=NC=C)c(C)n1CCCCC. The molecule has 0 atom stereocenters. The normalized spacial score (nSPS) is 11.8. The molecule has 4 nitrogen and oxygen atoms in total. The minimum absolute atomic E-state index is 0.448. The standard InChI is InChI=1S/C28H35N3O/c1-7-10-11-19-31-22(5)26(28(29)30-9-3)27(25(31)18-13-21(4)12-8-2)24-16-14-23(15-17-24)20-32-6/h8-9,12,14-17H,2-3,7,10-11,19-20H2,1,4-6H3,(H2,29,30)/b21-12+. The summed E-state index contributed by atoms with van der Waals surface area (Å²) in [5, 5.41) is 0. The Morgan fingerprint density at radius 2 is 1.94 bits per heavy atom. The van der Waals surface area contributed by atoms with Crippen molar-refractivity contribution in [2.75, 3.05) is 7.11 Å². The summed E-state index contributed by atoms with van der Waals surface area (Å²) < 4.78 is 7.55. The van der Waals surface area contributed by atoms with Crippen molar-refractivity contribution >= 4 is 5.84 Å². The first kappa shape index (κ1) is 25.0. The third-order valence-electron chi connectivity index (χ3n) is 5.29. The lowest BCUT2D eigenvalue weighted by atomic mass is 9.98. The van der Waals surface area contributed by atoms with Crippen molar-refractivity contribution in [3.63, 3.8) is 0 Å². The number of nitrogens with zero attached hydrogens (tertiary/aromatic N) is 2. The van der Waals surface area contributed by atoms with E-state index in [1.807, 2.05) is 13.0 Å². The van der Waals surface area contributed by atoms with Gasteiger partial charge in [-0.05, 0) is 42.9 Å². The largest absolute Gasteiger partial charge is 0.383 e. The zero-order chi connectivity index (χ0) is 23.5. The lowest BCUT2D eigenvalue weighted by Gasteiger charge is -2.09. The molecule has 1 aromatic heterocycles. The third kappa shape index (κ3) is 6.12. The van der Waals surface area contributed by atoms with E-state index >= 15 is 0 Å². The molecule has 1 heterocycles. The second kappa shape index (κ2) is 12.5. The Morgan fingerprint density at radius 3 is 2.53 bits per heavy atom. The van der Waals surface area contributed by atoms with E-state index in [-0.39, 0.29) is 0 Å². The predicted octanol–water partition coefficient (Wildman–Crippen LogP) is 6.13. The second-order valence-corrected chi connectivity index (χ2v) is 7.70. The fourth-order valence-corrected chi connectivity index (χ4v) is 3.73. The summed E-state index contributed by atoms with van der Waals surface area (Å²) in [6, 6.07) is 8.35. The number of nitrogens with two attached hydrogens (primary N) is 1. The smallest absolute Gasteiger partial charge is 0.133 e. The van der Waals surface area contributed by atoms with Crippen molar-refractivity contribution in [1.82, 2.24) is 4.57 Å². The van der Waals surface area contributed by atoms with E-state index < -0.39 is 0 Å². The molecule has 32 heavy (non-hydrogen) atoms. The topological polar surface area (TPSA) is 52.5 Å². The minimum atomic E-state index is 0.448. The molecule has 2 rings (SSSR count). The predicted molar refractivity (Wildman–Crippen MR) is 137 cm³/mol. The van der Waals surface area contributed by atoms with E-state index in [2.05, 4.69) is 72.7 Å². The van der Waals surface area contributed by atoms with Gasteiger partial charge in [0.05, 0.1) is 6.61 Å². The van der Waals surface area contributed by atoms with Crippen molar-refractivity contribution in [3.05, 3.63) is 83.9 Å². The minimum Gasteiger partial charge on any atom is -0.383 e. The molecule has 0 bridgehead atoms. The number of amidine groups is 1. The summed E-state index contributed by atoms with van der Waals surface area (Å²) in [5.74, 6) is 7.16. The number of methoxy groups -OCH3 is 1. The summed E-state index contributed by atoms with van der Waals surface area (Å²) >= 11 is 0. The lowest BCUT2D eigenvalue weighted by Crippen LogP contribution is -2.15. The van der Waals surface area contributed by atoms with Gasteiger partial charge in [-0.3, -0.25) is 0 Å². The Kier molecular flexibility index (Phi) is 9.78. The summed E-state index contributed by atoms with van der Waals surface area (Å²) in [6.07, 6.45) is 8.54. The molecule has 2 N–H and O–H groups in total. The van der Waals surface area contributed by atoms with Crippen molar-refractivity contribution in [1.29, 1.82) is 0 Å². The molecule has 1 aromatic carbocycles. The highest BCUT2D eigenvalue weighted by Crippen LogP contribution is 2.33. The molecule has 2 aromatic rings. The van der Waals surface area contributed by atoms with Crippen molar-refractivity contribution in [2.24, 2.45) is 10.7 Å². The van der Waals surface area contributed by atoms with E-state index in [0.29, 0.717) is 12.4 Å². The zero-order valence-corrected chi connectivity index (χ0v) is 19.9. The van der Waals surface area contributed by atoms with Crippen LogP contribution in [0.1, 0.15) is 55.6 Å². The molecule has 0 saturated heterocycles. The van der Waals surface area contributed by atoms with Crippen LogP contribution < -0.4 is 5.73 Å². The van der Waals surface area contributed by atoms with Gasteiger partial charge >= 0.3 is 0 Å². The maximum absolute atomic E-state index is 6.44. The first-order valence-corrected chi connectivity index (χ1v) is 11.1. The Balaban J connectivity index is 2.81. The van der Waals surface area contributed by atoms with Crippen LogP contribution in [0.3, 0.4) is 0 Å². The van der Waals surface area contributed by atoms with Gasteiger partial charge in [0.2, 0.25) is 0 Å². The van der Waals surface area contributed by atoms with Crippen LogP contribution in [0.4, 0.5) is 0 Å². The maximum atomic E-state index is 6.44. The summed E-state index contributed by atoms with van der Waals surface area (Å²) in [5.41, 5.74) is 13.5. The number of unbranched alkanes of at least 4 members (excludes halogenated alkanes) is 2. The summed E-state index contributed by atoms with van der Waals surface area (Å²) in [7, 11) is 1.70. The fraction of sp³-hybridized carbons (Fsp3) is 0.321. The third-order valence-corrected chi connectivity index (χ3v) is 5.29. The van der Waals surface area contributed by atoms with Crippen LogP contribution in [0.2, 0.25) is 0 Å². The van der Waals surface area contributed by atoms with Gasteiger partial charge in [0.15, 0.2) is 0 Å². The van der Waals surface area contributed by atoms with Crippen molar-refractivity contribution in [2.45, 2.75) is 53.2 Å². The highest BCUT2D eigenvalue weighted by molar-refractivity contribution is 6.06. The van der Waals surface area contributed by atoms with Crippen LogP contribution >= 0.6 is 0 Å². The average Bonchev–Trinajstić information content (AvgIpc) is 3.05. The molecule has 0 aliphatic rings. The molecule has 0 fully saturated rings. The van der Waals surface area contributed by atoms with Crippen LogP contribution in [-0.4, -0.2) is 17.5 Å². The monoisotopic (exact) mass is 429 g/mol. The molecular weight excluding hydrogens is 394 g/mol. The van der Waals surface area contributed by atoms with Crippen LogP contribution in [0, 0.1) is 18.8 Å². The van der Waals surface area contributed by atoms with E-state index in [1.54, 1.807) is 13.2 Å². The van der Waals surface area contributed by atoms with Gasteiger partial charge in [0.25, 0.3) is 0 Å². The van der Waals surface area contributed by atoms with Gasteiger partial charge in [-0.2, -0.15) is 0 Å². The summed E-state index contributed by atoms with van der Waals surface area (Å²) in [6.45, 7) is 15.2. The van der Waals surface area contributed by atoms with E-state index in [0.717, 1.165) is 65.0 Å². The molecular formula is C28H35N3O. The molecule has 0 saturated carbocycles. The molecule has 0 aliphatic carbocycles. The van der Waals surface area contributed by atoms with Crippen LogP contribution in [0.5, 0.6) is 0 Å². The van der Waals surface area contributed by atoms with Crippen LogP contribution in [-0.2, 0) is 17.9 Å². The number of ether oxygens (including phenoxy) is 1. The Morgan fingerprint density at radius 1 is 1.22 bits per heavy atom. The number of allylic oxidation sites excluding steroid dienone is 3. The maximum Gasteiger partial charge on any atom is 0.133 e. The number of benzene rings is 1. The van der Waals surface area contributed by atoms with Gasteiger partial charge in [-0.25, -0.2) is 4.99 Å². The van der Waals surface area contributed by atoms with E-state index in [9.17, 15) is 0 Å². The number of hydrogen-bond acceptors (Lipinski definition) is 2. The molecule has 0 aliphatic heterocycles. The van der Waals surface area contributed by atoms with Gasteiger partial charge in [0, 0.05) is 36.7 Å². The lowest BCUT2D eigenvalue weighted by molar-refractivity contribution is 0.185. The van der Waals surface area contributed by atoms with E-state index in [1.165, 1.54) is 6.20 Å². The first-order chi connectivity index (χ1) is 15.5. The summed E-state index contributed by atoms with van der Waals surface area (Å²) in [4.78, 5) is 4.32. The molecule has 4 heteroatoms. The molecule has 0 spiro atoms. The first-order valence-electron chi connectivity index (χ1n) is 11.1. The Labute approximate surface area is 193 Å². The van der Waals surface area contributed by atoms with Crippen molar-refractivity contribution in [3.8, 4) is 23.0 Å². The number of hydrogen-bond donors (Lipinski definition) is 1. The number of aliphatic imine (C=N–C) groups is 1. The van der Waals surface area contributed by atoms with Gasteiger partial charge in [0.1, 0.15) is 11.5 Å². The Hall–Kier alpha value is -3.29. The van der Waals surface area contributed by atoms with Gasteiger partial charge in [-0.15, -0.1) is 0 Å². The van der Waals surface area contributed by atoms with Crippen LogP contribution in [0.15, 0.2) is 66.3 Å².